The third kappa shape index (κ3) is 2.53. The second kappa shape index (κ2) is 4.83. The molecule has 0 radical (unpaired) electrons. The summed E-state index contributed by atoms with van der Waals surface area (Å²) in [4.78, 5) is 18.2. The summed E-state index contributed by atoms with van der Waals surface area (Å²) in [6, 6.07) is 3.99. The van der Waals surface area contributed by atoms with Gasteiger partial charge in [-0.3, -0.25) is 9.78 Å². The van der Waals surface area contributed by atoms with E-state index in [1.54, 1.807) is 12.3 Å². The van der Waals surface area contributed by atoms with E-state index in [9.17, 15) is 4.79 Å². The van der Waals surface area contributed by atoms with E-state index >= 15 is 0 Å². The Bertz CT molecular complexity index is 390. The molecule has 4 heteroatoms. The molecule has 3 nitrogen and oxygen atoms in total. The zero-order valence-electron chi connectivity index (χ0n) is 9.32. The number of alkyl halides is 1. The summed E-state index contributed by atoms with van der Waals surface area (Å²) in [5, 5.41) is 0. The molecule has 1 aliphatic carbocycles. The topological polar surface area (TPSA) is 33.2 Å². The van der Waals surface area contributed by atoms with Crippen molar-refractivity contribution in [3.05, 3.63) is 29.6 Å². The number of rotatable bonds is 4. The quantitative estimate of drug-likeness (QED) is 0.754. The fourth-order valence-corrected chi connectivity index (χ4v) is 1.95. The van der Waals surface area contributed by atoms with Gasteiger partial charge in [0.25, 0.3) is 5.91 Å². The van der Waals surface area contributed by atoms with E-state index in [4.69, 9.17) is 11.6 Å². The van der Waals surface area contributed by atoms with Crippen molar-refractivity contribution in [2.24, 2.45) is 0 Å². The molecule has 0 N–H and O–H groups in total. The van der Waals surface area contributed by atoms with Crippen LogP contribution in [0.25, 0.3) is 0 Å². The second-order valence-corrected chi connectivity index (χ2v) is 4.48. The lowest BCUT2D eigenvalue weighted by molar-refractivity contribution is 0.0753. The maximum Gasteiger partial charge on any atom is 0.254 e. The summed E-state index contributed by atoms with van der Waals surface area (Å²) in [6.45, 7) is 2.52. The number of nitrogens with zero attached hydrogens (tertiary/aromatic N) is 2. The zero-order chi connectivity index (χ0) is 11.5. The average Bonchev–Trinajstić information content (AvgIpc) is 3.09. The molecule has 0 aromatic carbocycles. The smallest absolute Gasteiger partial charge is 0.254 e. The van der Waals surface area contributed by atoms with Gasteiger partial charge >= 0.3 is 0 Å². The van der Waals surface area contributed by atoms with Crippen LogP contribution in [-0.4, -0.2) is 34.3 Å². The van der Waals surface area contributed by atoms with Gasteiger partial charge in [0, 0.05) is 35.9 Å². The van der Waals surface area contributed by atoms with Crippen molar-refractivity contribution >= 4 is 17.5 Å². The molecule has 0 saturated heterocycles. The van der Waals surface area contributed by atoms with Gasteiger partial charge in [-0.2, -0.15) is 0 Å². The molecule has 1 amide bonds. The molecule has 0 unspecified atom stereocenters. The maximum atomic E-state index is 12.2. The minimum absolute atomic E-state index is 0.0775. The van der Waals surface area contributed by atoms with Crippen molar-refractivity contribution in [3.8, 4) is 0 Å². The standard InChI is InChI=1S/C12H15ClN2O/c1-9-8-10(4-6-14-9)12(16)15(7-5-13)11-2-3-11/h4,6,8,11H,2-3,5,7H2,1H3. The number of hydrogen-bond acceptors (Lipinski definition) is 2. The average molecular weight is 239 g/mol. The first-order valence-electron chi connectivity index (χ1n) is 5.52. The molecule has 1 fully saturated rings. The van der Waals surface area contributed by atoms with Gasteiger partial charge in [-0.15, -0.1) is 11.6 Å². The van der Waals surface area contributed by atoms with Crippen LogP contribution >= 0.6 is 11.6 Å². The predicted molar refractivity (Wildman–Crippen MR) is 63.8 cm³/mol. The van der Waals surface area contributed by atoms with E-state index in [1.165, 1.54) is 0 Å². The number of pyridine rings is 1. The Labute approximate surface area is 100 Å². The highest BCUT2D eigenvalue weighted by molar-refractivity contribution is 6.18. The molecule has 86 valence electrons. The van der Waals surface area contributed by atoms with Crippen molar-refractivity contribution in [3.63, 3.8) is 0 Å². The number of amides is 1. The van der Waals surface area contributed by atoms with Crippen molar-refractivity contribution in [2.75, 3.05) is 12.4 Å². The first-order valence-corrected chi connectivity index (χ1v) is 6.05. The van der Waals surface area contributed by atoms with Gasteiger partial charge < -0.3 is 4.90 Å². The Balaban J connectivity index is 2.15. The number of carbonyl (C=O) groups excluding carboxylic acids is 1. The van der Waals surface area contributed by atoms with Gasteiger partial charge in [-0.25, -0.2) is 0 Å². The molecule has 16 heavy (non-hydrogen) atoms. The summed E-state index contributed by atoms with van der Waals surface area (Å²) in [7, 11) is 0. The molecule has 0 bridgehead atoms. The normalized spacial score (nSPS) is 14.9. The summed E-state index contributed by atoms with van der Waals surface area (Å²) in [5.41, 5.74) is 1.58. The van der Waals surface area contributed by atoms with E-state index < -0.39 is 0 Å². The van der Waals surface area contributed by atoms with E-state index in [1.807, 2.05) is 17.9 Å². The van der Waals surface area contributed by atoms with Crippen LogP contribution < -0.4 is 0 Å². The van der Waals surface area contributed by atoms with Crippen molar-refractivity contribution in [2.45, 2.75) is 25.8 Å². The fourth-order valence-electron chi connectivity index (χ4n) is 1.77. The molecule has 1 aromatic heterocycles. The molecule has 0 spiro atoms. The fraction of sp³-hybridized carbons (Fsp3) is 0.500. The molecule has 1 aromatic rings. The van der Waals surface area contributed by atoms with Crippen LogP contribution in [0.5, 0.6) is 0 Å². The number of hydrogen-bond donors (Lipinski definition) is 0. The first-order chi connectivity index (χ1) is 7.72. The van der Waals surface area contributed by atoms with Crippen molar-refractivity contribution in [1.29, 1.82) is 0 Å². The molecular weight excluding hydrogens is 224 g/mol. The lowest BCUT2D eigenvalue weighted by Gasteiger charge is -2.21. The number of aryl methyl sites for hydroxylation is 1. The zero-order valence-corrected chi connectivity index (χ0v) is 10.1. The SMILES string of the molecule is Cc1cc(C(=O)N(CCCl)C2CC2)ccn1. The minimum Gasteiger partial charge on any atom is -0.334 e. The molecule has 0 atom stereocenters. The molecule has 1 aliphatic rings. The number of aromatic nitrogens is 1. The number of halogens is 1. The van der Waals surface area contributed by atoms with Crippen LogP contribution in [-0.2, 0) is 0 Å². The van der Waals surface area contributed by atoms with Crippen LogP contribution in [0.3, 0.4) is 0 Å². The largest absolute Gasteiger partial charge is 0.334 e. The van der Waals surface area contributed by atoms with E-state index in [2.05, 4.69) is 4.98 Å². The van der Waals surface area contributed by atoms with E-state index in [0.717, 1.165) is 18.5 Å². The first kappa shape index (κ1) is 11.4. The molecular formula is C12H15ClN2O. The summed E-state index contributed by atoms with van der Waals surface area (Å²) in [6.07, 6.45) is 3.88. The highest BCUT2D eigenvalue weighted by atomic mass is 35.5. The molecule has 1 saturated carbocycles. The van der Waals surface area contributed by atoms with Crippen LogP contribution in [0.4, 0.5) is 0 Å². The predicted octanol–water partition coefficient (Wildman–Crippen LogP) is 2.23. The number of carbonyl (C=O) groups is 1. The van der Waals surface area contributed by atoms with Gasteiger partial charge in [0.15, 0.2) is 0 Å². The van der Waals surface area contributed by atoms with Gasteiger partial charge in [-0.1, -0.05) is 0 Å². The van der Waals surface area contributed by atoms with Crippen molar-refractivity contribution in [1.82, 2.24) is 9.88 Å². The summed E-state index contributed by atoms with van der Waals surface area (Å²) in [5.74, 6) is 0.570. The monoisotopic (exact) mass is 238 g/mol. The Morgan fingerprint density at radius 1 is 1.62 bits per heavy atom. The van der Waals surface area contributed by atoms with Crippen molar-refractivity contribution < 1.29 is 4.79 Å². The molecule has 2 rings (SSSR count). The van der Waals surface area contributed by atoms with Crippen LogP contribution in [0, 0.1) is 6.92 Å². The van der Waals surface area contributed by atoms with Crippen LogP contribution in [0.2, 0.25) is 0 Å². The lowest BCUT2D eigenvalue weighted by Crippen LogP contribution is -2.34. The van der Waals surface area contributed by atoms with Gasteiger partial charge in [0.05, 0.1) is 0 Å². The third-order valence-corrected chi connectivity index (χ3v) is 2.89. The van der Waals surface area contributed by atoms with Gasteiger partial charge in [0.2, 0.25) is 0 Å². The Hall–Kier alpha value is -1.09. The van der Waals surface area contributed by atoms with Crippen LogP contribution in [0.1, 0.15) is 28.9 Å². The summed E-state index contributed by atoms with van der Waals surface area (Å²) < 4.78 is 0. The molecule has 0 aliphatic heterocycles. The van der Waals surface area contributed by atoms with E-state index in [-0.39, 0.29) is 5.91 Å². The minimum atomic E-state index is 0.0775. The van der Waals surface area contributed by atoms with Gasteiger partial charge in [0.1, 0.15) is 0 Å². The van der Waals surface area contributed by atoms with Gasteiger partial charge in [-0.05, 0) is 31.9 Å². The Morgan fingerprint density at radius 2 is 2.38 bits per heavy atom. The summed E-state index contributed by atoms with van der Waals surface area (Å²) >= 11 is 5.72. The van der Waals surface area contributed by atoms with Crippen LogP contribution in [0.15, 0.2) is 18.3 Å². The van der Waals surface area contributed by atoms with E-state index in [0.29, 0.717) is 24.0 Å². The Morgan fingerprint density at radius 3 is 2.94 bits per heavy atom. The highest BCUT2D eigenvalue weighted by Gasteiger charge is 2.32. The molecule has 1 heterocycles. The second-order valence-electron chi connectivity index (χ2n) is 4.10. The Kier molecular flexibility index (Phi) is 3.44. The highest BCUT2D eigenvalue weighted by Crippen LogP contribution is 2.28. The third-order valence-electron chi connectivity index (χ3n) is 2.72. The maximum absolute atomic E-state index is 12.2. The lowest BCUT2D eigenvalue weighted by atomic mass is 10.2.